The fourth-order valence-electron chi connectivity index (χ4n) is 3.36. The predicted molar refractivity (Wildman–Crippen MR) is 105 cm³/mol. The Bertz CT molecular complexity index is 958. The number of rotatable bonds is 5. The molecule has 0 spiro atoms. The number of nitrogens with zero attached hydrogens (tertiary/aromatic N) is 1. The molecule has 5 nitrogen and oxygen atoms in total. The van der Waals surface area contributed by atoms with E-state index in [9.17, 15) is 4.79 Å². The second-order valence-corrected chi connectivity index (χ2v) is 6.84. The van der Waals surface area contributed by atoms with Crippen LogP contribution >= 0.6 is 0 Å². The summed E-state index contributed by atoms with van der Waals surface area (Å²) in [5, 5.41) is 0.596. The molecule has 2 aromatic carbocycles. The lowest BCUT2D eigenvalue weighted by molar-refractivity contribution is 0.0219. The predicted octanol–water partition coefficient (Wildman–Crippen LogP) is 3.56. The fraction of sp³-hybridized carbons (Fsp3) is 0.318. The van der Waals surface area contributed by atoms with Crippen molar-refractivity contribution in [3.8, 4) is 17.1 Å². The van der Waals surface area contributed by atoms with Crippen molar-refractivity contribution in [2.45, 2.75) is 13.0 Å². The van der Waals surface area contributed by atoms with E-state index in [4.69, 9.17) is 13.9 Å². The van der Waals surface area contributed by atoms with Gasteiger partial charge in [-0.15, -0.1) is 0 Å². The van der Waals surface area contributed by atoms with Gasteiger partial charge in [0.1, 0.15) is 23.2 Å². The molecule has 4 rings (SSSR count). The third kappa shape index (κ3) is 4.21. The van der Waals surface area contributed by atoms with Crippen LogP contribution in [0.4, 0.5) is 0 Å². The lowest BCUT2D eigenvalue weighted by atomic mass is 10.1. The molecule has 1 unspecified atom stereocenters. The molecule has 1 aromatic heterocycles. The first-order valence-corrected chi connectivity index (χ1v) is 9.29. The Labute approximate surface area is 158 Å². The quantitative estimate of drug-likeness (QED) is 0.692. The molecular formula is C22H23NO4. The summed E-state index contributed by atoms with van der Waals surface area (Å²) in [6, 6.07) is 16.5. The van der Waals surface area contributed by atoms with Gasteiger partial charge in [-0.3, -0.25) is 9.69 Å². The molecule has 27 heavy (non-hydrogen) atoms. The maximum atomic E-state index is 12.3. The highest BCUT2D eigenvalue weighted by atomic mass is 16.5. The Morgan fingerprint density at radius 2 is 1.81 bits per heavy atom. The first kappa shape index (κ1) is 17.8. The largest absolute Gasteiger partial charge is 0.489 e. The summed E-state index contributed by atoms with van der Waals surface area (Å²) >= 11 is 0. The number of hydrogen-bond donors (Lipinski definition) is 0. The van der Waals surface area contributed by atoms with E-state index in [0.717, 1.165) is 44.2 Å². The summed E-state index contributed by atoms with van der Waals surface area (Å²) in [5.41, 5.74) is 1.41. The minimum Gasteiger partial charge on any atom is -0.489 e. The van der Waals surface area contributed by atoms with Gasteiger partial charge in [0.25, 0.3) is 0 Å². The van der Waals surface area contributed by atoms with Gasteiger partial charge in [0.05, 0.1) is 18.6 Å². The van der Waals surface area contributed by atoms with Crippen LogP contribution in [-0.4, -0.2) is 43.9 Å². The van der Waals surface area contributed by atoms with Gasteiger partial charge in [0.2, 0.25) is 0 Å². The molecule has 0 aliphatic carbocycles. The molecule has 0 bridgehead atoms. The number of hydrogen-bond acceptors (Lipinski definition) is 5. The van der Waals surface area contributed by atoms with Crippen molar-refractivity contribution in [2.24, 2.45) is 0 Å². The van der Waals surface area contributed by atoms with Crippen LogP contribution in [0.1, 0.15) is 6.92 Å². The van der Waals surface area contributed by atoms with Crippen LogP contribution in [0.15, 0.2) is 63.8 Å². The average molecular weight is 365 g/mol. The molecule has 1 aliphatic heterocycles. The smallest absolute Gasteiger partial charge is 0.193 e. The van der Waals surface area contributed by atoms with E-state index in [1.54, 1.807) is 12.1 Å². The topological polar surface area (TPSA) is 51.9 Å². The van der Waals surface area contributed by atoms with Crippen LogP contribution in [0, 0.1) is 0 Å². The minimum atomic E-state index is -0.0358. The van der Waals surface area contributed by atoms with E-state index in [1.165, 1.54) is 0 Å². The molecule has 0 radical (unpaired) electrons. The zero-order chi connectivity index (χ0) is 18.6. The van der Waals surface area contributed by atoms with Crippen molar-refractivity contribution < 1.29 is 13.9 Å². The molecule has 140 valence electrons. The second kappa shape index (κ2) is 7.94. The van der Waals surface area contributed by atoms with Crippen molar-refractivity contribution in [1.82, 2.24) is 4.90 Å². The lowest BCUT2D eigenvalue weighted by Crippen LogP contribution is -2.41. The molecule has 1 atom stereocenters. The normalized spacial score (nSPS) is 16.3. The molecule has 5 heteroatoms. The standard InChI is InChI=1S/C22H23NO4/c1-16(15-23-10-12-25-13-11-23)26-18-8-6-17(7-9-18)22-14-20(24)19-4-2-3-5-21(19)27-22/h2-9,14,16H,10-13,15H2,1H3. The van der Waals surface area contributed by atoms with Gasteiger partial charge in [-0.2, -0.15) is 0 Å². The molecule has 0 amide bonds. The zero-order valence-corrected chi connectivity index (χ0v) is 15.4. The van der Waals surface area contributed by atoms with Crippen LogP contribution in [-0.2, 0) is 4.74 Å². The lowest BCUT2D eigenvalue weighted by Gasteiger charge is -2.29. The first-order valence-electron chi connectivity index (χ1n) is 9.29. The van der Waals surface area contributed by atoms with Crippen LogP contribution in [0.2, 0.25) is 0 Å². The highest BCUT2D eigenvalue weighted by molar-refractivity contribution is 5.78. The molecule has 1 saturated heterocycles. The molecule has 3 aromatic rings. The van der Waals surface area contributed by atoms with Gasteiger partial charge in [0.15, 0.2) is 5.43 Å². The SMILES string of the molecule is CC(CN1CCOCC1)Oc1ccc(-c2cc(=O)c3ccccc3o2)cc1. The van der Waals surface area contributed by atoms with Gasteiger partial charge in [0, 0.05) is 31.3 Å². The minimum absolute atomic E-state index is 0.0358. The summed E-state index contributed by atoms with van der Waals surface area (Å²) in [5.74, 6) is 1.37. The Balaban J connectivity index is 1.46. The highest BCUT2D eigenvalue weighted by Gasteiger charge is 2.15. The van der Waals surface area contributed by atoms with Gasteiger partial charge in [-0.05, 0) is 43.3 Å². The van der Waals surface area contributed by atoms with Crippen LogP contribution in [0.25, 0.3) is 22.3 Å². The number of ether oxygens (including phenoxy) is 2. The van der Waals surface area contributed by atoms with E-state index >= 15 is 0 Å². The van der Waals surface area contributed by atoms with Crippen LogP contribution in [0.3, 0.4) is 0 Å². The van der Waals surface area contributed by atoms with E-state index in [0.29, 0.717) is 16.7 Å². The molecular weight excluding hydrogens is 342 g/mol. The summed E-state index contributed by atoms with van der Waals surface area (Å²) in [7, 11) is 0. The van der Waals surface area contributed by atoms with Crippen LogP contribution in [0.5, 0.6) is 5.75 Å². The third-order valence-electron chi connectivity index (χ3n) is 4.73. The summed E-state index contributed by atoms with van der Waals surface area (Å²) < 4.78 is 17.3. The molecule has 2 heterocycles. The Hall–Kier alpha value is -2.63. The maximum Gasteiger partial charge on any atom is 0.193 e. The molecule has 0 N–H and O–H groups in total. The Morgan fingerprint density at radius 3 is 2.59 bits per heavy atom. The van der Waals surface area contributed by atoms with E-state index in [1.807, 2.05) is 42.5 Å². The van der Waals surface area contributed by atoms with E-state index < -0.39 is 0 Å². The van der Waals surface area contributed by atoms with Gasteiger partial charge < -0.3 is 13.9 Å². The number of para-hydroxylation sites is 1. The summed E-state index contributed by atoms with van der Waals surface area (Å²) in [6.45, 7) is 6.44. The fourth-order valence-corrected chi connectivity index (χ4v) is 3.36. The monoisotopic (exact) mass is 365 g/mol. The van der Waals surface area contributed by atoms with Crippen molar-refractivity contribution in [3.63, 3.8) is 0 Å². The number of morpholine rings is 1. The first-order chi connectivity index (χ1) is 13.2. The van der Waals surface area contributed by atoms with E-state index in [2.05, 4.69) is 11.8 Å². The van der Waals surface area contributed by atoms with Crippen molar-refractivity contribution >= 4 is 11.0 Å². The molecule has 0 saturated carbocycles. The Morgan fingerprint density at radius 1 is 1.07 bits per heavy atom. The second-order valence-electron chi connectivity index (χ2n) is 6.84. The van der Waals surface area contributed by atoms with Crippen molar-refractivity contribution in [1.29, 1.82) is 0 Å². The van der Waals surface area contributed by atoms with E-state index in [-0.39, 0.29) is 11.5 Å². The zero-order valence-electron chi connectivity index (χ0n) is 15.4. The van der Waals surface area contributed by atoms with Gasteiger partial charge in [-0.1, -0.05) is 12.1 Å². The average Bonchev–Trinajstić information content (AvgIpc) is 2.69. The molecule has 1 fully saturated rings. The highest BCUT2D eigenvalue weighted by Crippen LogP contribution is 2.24. The number of benzene rings is 2. The van der Waals surface area contributed by atoms with Crippen molar-refractivity contribution in [2.75, 3.05) is 32.8 Å². The Kier molecular flexibility index (Phi) is 5.23. The third-order valence-corrected chi connectivity index (χ3v) is 4.73. The van der Waals surface area contributed by atoms with Crippen LogP contribution < -0.4 is 10.2 Å². The maximum absolute atomic E-state index is 12.3. The van der Waals surface area contributed by atoms with Gasteiger partial charge >= 0.3 is 0 Å². The molecule has 1 aliphatic rings. The number of fused-ring (bicyclic) bond motifs is 1. The summed E-state index contributed by atoms with van der Waals surface area (Å²) in [6.07, 6.45) is 0.0903. The van der Waals surface area contributed by atoms with Crippen molar-refractivity contribution in [3.05, 3.63) is 64.8 Å². The van der Waals surface area contributed by atoms with Gasteiger partial charge in [-0.25, -0.2) is 0 Å². The summed E-state index contributed by atoms with van der Waals surface area (Å²) in [4.78, 5) is 14.6.